The van der Waals surface area contributed by atoms with Gasteiger partial charge < -0.3 is 0 Å². The van der Waals surface area contributed by atoms with Crippen molar-refractivity contribution in [1.82, 2.24) is 4.98 Å². The fourth-order valence-corrected chi connectivity index (χ4v) is 5.70. The zero-order valence-electron chi connectivity index (χ0n) is 18.8. The van der Waals surface area contributed by atoms with Gasteiger partial charge in [-0.1, -0.05) is 90.5 Å². The van der Waals surface area contributed by atoms with Crippen LogP contribution >= 0.6 is 0 Å². The molecule has 1 radical (unpaired) electrons. The first-order valence-corrected chi connectivity index (χ1v) is 11.2. The zero-order valence-corrected chi connectivity index (χ0v) is 21.2. The standard InChI is InChI=1S/C31H22N.Ir/c1-18-8-9-19-10-11-22-23-12-13-32-30-26-15-20-6-4-5-7-21(20)16-27(26)31(2,3)28(29(23)30)17-25(22)24(19)14-18;/h4-14,16-17H,1-3H3;/q-1;. The van der Waals surface area contributed by atoms with Crippen molar-refractivity contribution in [3.63, 3.8) is 0 Å². The first kappa shape index (κ1) is 20.5. The van der Waals surface area contributed by atoms with Gasteiger partial charge in [0.1, 0.15) is 0 Å². The molecular weight excluding hydrogens is 579 g/mol. The van der Waals surface area contributed by atoms with Gasteiger partial charge in [0.25, 0.3) is 0 Å². The number of fused-ring (bicyclic) bond motifs is 7. The van der Waals surface area contributed by atoms with Crippen LogP contribution in [0.15, 0.2) is 79.0 Å². The summed E-state index contributed by atoms with van der Waals surface area (Å²) in [6.07, 6.45) is 1.96. The molecule has 1 aliphatic rings. The van der Waals surface area contributed by atoms with E-state index in [1.54, 1.807) is 0 Å². The average Bonchev–Trinajstić information content (AvgIpc) is 2.81. The van der Waals surface area contributed by atoms with Gasteiger partial charge in [0.15, 0.2) is 0 Å². The molecular formula is C31H22IrN-. The van der Waals surface area contributed by atoms with Crippen molar-refractivity contribution in [3.05, 3.63) is 102 Å². The molecule has 7 rings (SSSR count). The maximum absolute atomic E-state index is 4.90. The van der Waals surface area contributed by atoms with Crippen LogP contribution in [-0.4, -0.2) is 4.98 Å². The molecule has 0 amide bonds. The minimum absolute atomic E-state index is 0. The molecule has 6 aromatic rings. The summed E-state index contributed by atoms with van der Waals surface area (Å²) < 4.78 is 0. The van der Waals surface area contributed by atoms with E-state index < -0.39 is 0 Å². The van der Waals surface area contributed by atoms with Gasteiger partial charge in [0, 0.05) is 32.0 Å². The third-order valence-electron chi connectivity index (χ3n) is 7.39. The fraction of sp³-hybridized carbons (Fsp3) is 0.129. The molecule has 0 fully saturated rings. The number of aryl methyl sites for hydroxylation is 1. The predicted molar refractivity (Wildman–Crippen MR) is 135 cm³/mol. The van der Waals surface area contributed by atoms with E-state index in [0.29, 0.717) is 0 Å². The fourth-order valence-electron chi connectivity index (χ4n) is 5.70. The number of hydrogen-bond acceptors (Lipinski definition) is 1. The Morgan fingerprint density at radius 1 is 0.727 bits per heavy atom. The number of benzene rings is 5. The van der Waals surface area contributed by atoms with Crippen LogP contribution in [0.1, 0.15) is 30.5 Å². The summed E-state index contributed by atoms with van der Waals surface area (Å²) in [5.74, 6) is 0. The second kappa shape index (κ2) is 6.97. The molecule has 0 saturated carbocycles. The minimum atomic E-state index is -0.148. The van der Waals surface area contributed by atoms with Gasteiger partial charge in [-0.15, -0.1) is 23.6 Å². The van der Waals surface area contributed by atoms with E-state index in [4.69, 9.17) is 4.98 Å². The smallest absolute Gasteiger partial charge is 0.0189 e. The van der Waals surface area contributed by atoms with Crippen molar-refractivity contribution >= 4 is 43.1 Å². The van der Waals surface area contributed by atoms with Crippen LogP contribution in [0.2, 0.25) is 0 Å². The molecule has 0 spiro atoms. The minimum Gasteiger partial charge on any atom is -0.294 e. The molecule has 1 aliphatic carbocycles. The Morgan fingerprint density at radius 3 is 2.42 bits per heavy atom. The predicted octanol–water partition coefficient (Wildman–Crippen LogP) is 8.11. The maximum Gasteiger partial charge on any atom is 0.0189 e. The summed E-state index contributed by atoms with van der Waals surface area (Å²) in [7, 11) is 0. The zero-order chi connectivity index (χ0) is 21.6. The van der Waals surface area contributed by atoms with E-state index in [1.807, 2.05) is 6.20 Å². The largest absolute Gasteiger partial charge is 0.294 e. The van der Waals surface area contributed by atoms with Gasteiger partial charge in [-0.05, 0) is 56.3 Å². The van der Waals surface area contributed by atoms with Crippen molar-refractivity contribution in [3.8, 4) is 11.3 Å². The van der Waals surface area contributed by atoms with Crippen LogP contribution in [0.4, 0.5) is 0 Å². The summed E-state index contributed by atoms with van der Waals surface area (Å²) in [6, 6.07) is 30.5. The Kier molecular flexibility index (Phi) is 4.34. The second-order valence-corrected chi connectivity index (χ2v) is 9.66. The SMILES string of the molecule is Cc1ccc2ccc3c4ccnc5c4c(cc3c2c1)C(C)(C)c1cc2ccccc2[c-]c1-5.[Ir]. The van der Waals surface area contributed by atoms with Gasteiger partial charge in [-0.3, -0.25) is 4.98 Å². The van der Waals surface area contributed by atoms with E-state index in [1.165, 1.54) is 54.4 Å². The van der Waals surface area contributed by atoms with Crippen molar-refractivity contribution in [2.24, 2.45) is 0 Å². The molecule has 161 valence electrons. The van der Waals surface area contributed by atoms with Gasteiger partial charge in [0.2, 0.25) is 0 Å². The quantitative estimate of drug-likeness (QED) is 0.127. The molecule has 0 saturated heterocycles. The second-order valence-electron chi connectivity index (χ2n) is 9.66. The topological polar surface area (TPSA) is 12.9 Å². The summed E-state index contributed by atoms with van der Waals surface area (Å²) in [4.78, 5) is 4.90. The third kappa shape index (κ3) is 2.72. The van der Waals surface area contributed by atoms with Crippen LogP contribution in [-0.2, 0) is 25.5 Å². The number of hydrogen-bond donors (Lipinski definition) is 0. The maximum atomic E-state index is 4.90. The van der Waals surface area contributed by atoms with E-state index in [-0.39, 0.29) is 25.5 Å². The van der Waals surface area contributed by atoms with Gasteiger partial charge in [-0.25, -0.2) is 0 Å². The Balaban J connectivity index is 0.00000206. The number of pyridine rings is 1. The van der Waals surface area contributed by atoms with Crippen LogP contribution in [0, 0.1) is 13.0 Å². The van der Waals surface area contributed by atoms with Gasteiger partial charge in [-0.2, -0.15) is 0 Å². The molecule has 1 nitrogen and oxygen atoms in total. The Bertz CT molecular complexity index is 1760. The summed E-state index contributed by atoms with van der Waals surface area (Å²) in [5, 5.41) is 10.2. The normalized spacial score (nSPS) is 13.9. The average molecular weight is 601 g/mol. The van der Waals surface area contributed by atoms with Gasteiger partial charge >= 0.3 is 0 Å². The molecule has 0 N–H and O–H groups in total. The Hall–Kier alpha value is -3.06. The first-order valence-electron chi connectivity index (χ1n) is 11.2. The van der Waals surface area contributed by atoms with E-state index in [0.717, 1.165) is 16.6 Å². The van der Waals surface area contributed by atoms with E-state index in [9.17, 15) is 0 Å². The molecule has 33 heavy (non-hydrogen) atoms. The van der Waals surface area contributed by atoms with Crippen molar-refractivity contribution in [1.29, 1.82) is 0 Å². The molecule has 0 unspecified atom stereocenters. The molecule has 1 aromatic heterocycles. The van der Waals surface area contributed by atoms with Crippen molar-refractivity contribution in [2.45, 2.75) is 26.2 Å². The van der Waals surface area contributed by atoms with E-state index >= 15 is 0 Å². The summed E-state index contributed by atoms with van der Waals surface area (Å²) >= 11 is 0. The summed E-state index contributed by atoms with van der Waals surface area (Å²) in [6.45, 7) is 6.87. The molecule has 0 bridgehead atoms. The van der Waals surface area contributed by atoms with Crippen LogP contribution in [0.5, 0.6) is 0 Å². The molecule has 2 heteroatoms. The Morgan fingerprint density at radius 2 is 1.55 bits per heavy atom. The Labute approximate surface area is 206 Å². The number of aromatic nitrogens is 1. The molecule has 0 aliphatic heterocycles. The monoisotopic (exact) mass is 601 g/mol. The third-order valence-corrected chi connectivity index (χ3v) is 7.39. The number of rotatable bonds is 0. The molecule has 1 heterocycles. The summed E-state index contributed by atoms with van der Waals surface area (Å²) in [5.41, 5.74) is 6.00. The van der Waals surface area contributed by atoms with Crippen LogP contribution < -0.4 is 0 Å². The van der Waals surface area contributed by atoms with Crippen molar-refractivity contribution in [2.75, 3.05) is 0 Å². The first-order chi connectivity index (χ1) is 15.5. The van der Waals surface area contributed by atoms with Crippen LogP contribution in [0.25, 0.3) is 54.3 Å². The van der Waals surface area contributed by atoms with E-state index in [2.05, 4.69) is 99.6 Å². The van der Waals surface area contributed by atoms with Gasteiger partial charge in [0.05, 0.1) is 0 Å². The number of nitrogens with zero attached hydrogens (tertiary/aromatic N) is 1. The van der Waals surface area contributed by atoms with Crippen LogP contribution in [0.3, 0.4) is 0 Å². The molecule has 5 aromatic carbocycles. The van der Waals surface area contributed by atoms with Crippen molar-refractivity contribution < 1.29 is 20.1 Å². The molecule has 0 atom stereocenters.